The normalized spacial score (nSPS) is 12.9. The van der Waals surface area contributed by atoms with E-state index in [-0.39, 0.29) is 54.1 Å². The van der Waals surface area contributed by atoms with Crippen LogP contribution in [-0.2, 0) is 54.1 Å². The van der Waals surface area contributed by atoms with Gasteiger partial charge < -0.3 is 0 Å². The maximum absolute atomic E-state index is 2.53. The van der Waals surface area contributed by atoms with E-state index in [4.69, 9.17) is 0 Å². The van der Waals surface area contributed by atoms with Crippen molar-refractivity contribution in [2.24, 2.45) is 0 Å². The van der Waals surface area contributed by atoms with Crippen molar-refractivity contribution in [1.29, 1.82) is 0 Å². The van der Waals surface area contributed by atoms with Crippen molar-refractivity contribution in [1.82, 2.24) is 0 Å². The summed E-state index contributed by atoms with van der Waals surface area (Å²) in [4.78, 5) is 0. The lowest BCUT2D eigenvalue weighted by Gasteiger charge is -2.29. The molecule has 18 aromatic carbocycles. The second-order valence-corrected chi connectivity index (χ2v) is 49.4. The molecule has 0 aromatic heterocycles. The summed E-state index contributed by atoms with van der Waals surface area (Å²) in [5.74, 6) is 0. The monoisotopic (exact) mass is 1780 g/mol. The Balaban J connectivity index is 0.000000189. The molecular weight excluding hydrogens is 1630 g/mol. The third-order valence-corrected chi connectivity index (χ3v) is 29.0. The van der Waals surface area contributed by atoms with E-state index in [0.29, 0.717) is 0 Å². The smallest absolute Gasteiger partial charge is 0.000139 e. The molecule has 0 heteroatoms. The minimum Gasteiger partial charge on any atom is -0.0622 e. The second-order valence-electron chi connectivity index (χ2n) is 49.4. The molecule has 18 aromatic rings. The van der Waals surface area contributed by atoms with Crippen LogP contribution in [0.15, 0.2) is 328 Å². The average Bonchev–Trinajstić information content (AvgIpc) is 0.695. The van der Waals surface area contributed by atoms with Crippen molar-refractivity contribution in [3.8, 4) is 111 Å². The van der Waals surface area contributed by atoms with Gasteiger partial charge in [-0.3, -0.25) is 0 Å². The maximum Gasteiger partial charge on any atom is -0.000139 e. The van der Waals surface area contributed by atoms with E-state index in [2.05, 4.69) is 535 Å². The van der Waals surface area contributed by atoms with Crippen LogP contribution in [0, 0.1) is 0 Å². The molecule has 0 fully saturated rings. The Bertz CT molecular complexity index is 7070. The molecule has 0 unspecified atom stereocenters. The summed E-state index contributed by atoms with van der Waals surface area (Å²) in [6.07, 6.45) is 0. The number of rotatable bonds is 10. The van der Waals surface area contributed by atoms with Gasteiger partial charge in [0.1, 0.15) is 0 Å². The summed E-state index contributed by atoms with van der Waals surface area (Å²) in [6.45, 7) is 69.8. The molecule has 0 aliphatic rings. The zero-order valence-electron chi connectivity index (χ0n) is 87.2. The first-order valence-corrected chi connectivity index (χ1v) is 49.8. The van der Waals surface area contributed by atoms with Gasteiger partial charge in [-0.05, 0) is 310 Å². The van der Waals surface area contributed by atoms with E-state index in [1.807, 2.05) is 0 Å². The Morgan fingerprint density at radius 2 is 0.221 bits per heavy atom. The van der Waals surface area contributed by atoms with Crippen LogP contribution < -0.4 is 0 Å². The standard InChI is InChI=1S/C70H68.C66H76/c1-67(2,3)53-35-31-51(32-36-53)61-57-41-39-55(69(7,8)9)43-59(57)64(50-29-25-48(26-30-50)46-21-17-14-18-22-46)66-62(52-33-37-54(38-34-52)68(4,5)6)58-42-40-56(70(10,11)12)44-60(58)63(65(61)66)49-27-23-47(24-28-49)45-19-15-13-16-20-45;1-61(2,3)45-27-19-41(20-28-45)55-51-37-35-49(65(13,14)15)39-53(51)58(44-25-33-48(34-26-44)64(10,11)12)60-56(42-21-29-46(30-22-42)62(4,5)6)52-38-36-50(66(16,17)18)40-54(52)57(59(55)60)43-23-31-47(32-24-43)63(7,8)9/h13-44H,1-12H3;19-40H,1-18H3. The van der Waals surface area contributed by atoms with Crippen LogP contribution in [0.5, 0.6) is 0 Å². The second kappa shape index (κ2) is 35.0. The maximum atomic E-state index is 2.53. The molecule has 0 aliphatic carbocycles. The molecule has 0 nitrogen and oxygen atoms in total. The third kappa shape index (κ3) is 18.7. The number of hydrogen-bond acceptors (Lipinski definition) is 0. The summed E-state index contributed by atoms with van der Waals surface area (Å²) >= 11 is 0. The number of hydrogen-bond donors (Lipinski definition) is 0. The minimum atomic E-state index is -0.0733. The Hall–Kier alpha value is -12.5. The van der Waals surface area contributed by atoms with Gasteiger partial charge in [0.15, 0.2) is 0 Å². The number of fused-ring (bicyclic) bond motifs is 6. The van der Waals surface area contributed by atoms with Gasteiger partial charge in [0.2, 0.25) is 0 Å². The predicted octanol–water partition coefficient (Wildman–Crippen LogP) is 39.9. The zero-order chi connectivity index (χ0) is 97.4. The minimum absolute atomic E-state index is 0.0116. The highest BCUT2D eigenvalue weighted by Crippen LogP contribution is 2.59. The van der Waals surface area contributed by atoms with Crippen molar-refractivity contribution in [2.75, 3.05) is 0 Å². The molecule has 0 heterocycles. The molecule has 0 aliphatic heterocycles. The summed E-state index contributed by atoms with van der Waals surface area (Å²) in [5.41, 5.74) is 38.1. The topological polar surface area (TPSA) is 0 Å². The Kier molecular flexibility index (Phi) is 24.5. The van der Waals surface area contributed by atoms with Crippen molar-refractivity contribution >= 4 is 64.6 Å². The highest BCUT2D eigenvalue weighted by atomic mass is 14.4. The van der Waals surface area contributed by atoms with E-state index >= 15 is 0 Å². The largest absolute Gasteiger partial charge is 0.0622 e. The molecular formula is C136H144. The fraction of sp³-hybridized carbons (Fsp3) is 0.294. The van der Waals surface area contributed by atoms with Gasteiger partial charge in [0.05, 0.1) is 0 Å². The van der Waals surface area contributed by atoms with Gasteiger partial charge >= 0.3 is 0 Å². The quantitative estimate of drug-likeness (QED) is 0.120. The van der Waals surface area contributed by atoms with Crippen molar-refractivity contribution < 1.29 is 0 Å². The van der Waals surface area contributed by atoms with Gasteiger partial charge in [0, 0.05) is 0 Å². The Morgan fingerprint density at radius 3 is 0.368 bits per heavy atom. The van der Waals surface area contributed by atoms with Gasteiger partial charge in [-0.1, -0.05) is 511 Å². The van der Waals surface area contributed by atoms with Crippen molar-refractivity contribution in [3.63, 3.8) is 0 Å². The van der Waals surface area contributed by atoms with Crippen LogP contribution >= 0.6 is 0 Å². The fourth-order valence-electron chi connectivity index (χ4n) is 20.5. The Labute approximate surface area is 815 Å². The van der Waals surface area contributed by atoms with E-state index in [1.54, 1.807) is 0 Å². The van der Waals surface area contributed by atoms with Crippen LogP contribution in [0.3, 0.4) is 0 Å². The first-order valence-electron chi connectivity index (χ1n) is 49.8. The van der Waals surface area contributed by atoms with Gasteiger partial charge in [-0.15, -0.1) is 0 Å². The molecule has 0 atom stereocenters. The van der Waals surface area contributed by atoms with Crippen molar-refractivity contribution in [3.05, 3.63) is 383 Å². The van der Waals surface area contributed by atoms with E-state index in [0.717, 1.165) is 0 Å². The van der Waals surface area contributed by atoms with Crippen LogP contribution in [0.4, 0.5) is 0 Å². The zero-order valence-corrected chi connectivity index (χ0v) is 87.2. The summed E-state index contributed by atoms with van der Waals surface area (Å²) < 4.78 is 0. The van der Waals surface area contributed by atoms with E-state index in [9.17, 15) is 0 Å². The van der Waals surface area contributed by atoms with Crippen molar-refractivity contribution in [2.45, 2.75) is 262 Å². The molecule has 18 rings (SSSR count). The molecule has 0 spiro atoms. The van der Waals surface area contributed by atoms with Crippen LogP contribution in [-0.4, -0.2) is 0 Å². The van der Waals surface area contributed by atoms with Crippen LogP contribution in [0.1, 0.15) is 263 Å². The lowest BCUT2D eigenvalue weighted by atomic mass is 9.74. The SMILES string of the molecule is CC(C)(C)c1ccc(-c2c3ccc(C(C)(C)C)cc3c(-c3ccc(-c4ccccc4)cc3)c3c(-c4ccc(C(C)(C)C)cc4)c4ccc(C(C)(C)C)cc4c(-c4ccc(-c5ccccc5)cc4)c23)cc1.CC(C)(C)c1ccc(-c2c3ccc(C(C)(C)C)cc3c(-c3ccc(C(C)(C)C)cc3)c3c(-c4ccc(C(C)(C)C)cc4)c4ccc(C(C)(C)C)cc4c(-c4ccc(C(C)(C)C)cc4)c23)cc1. The summed E-state index contributed by atoms with van der Waals surface area (Å²) in [5, 5.41) is 15.4. The lowest BCUT2D eigenvalue weighted by molar-refractivity contribution is 0.590. The molecule has 0 amide bonds. The fourth-order valence-corrected chi connectivity index (χ4v) is 20.5. The third-order valence-electron chi connectivity index (χ3n) is 29.0. The molecule has 0 bridgehead atoms. The first-order chi connectivity index (χ1) is 63.8. The van der Waals surface area contributed by atoms with Crippen LogP contribution in [0.25, 0.3) is 176 Å². The summed E-state index contributed by atoms with van der Waals surface area (Å²) in [7, 11) is 0. The Morgan fingerprint density at radius 1 is 0.103 bits per heavy atom. The average molecular weight is 1780 g/mol. The highest BCUT2D eigenvalue weighted by molar-refractivity contribution is 6.36. The highest BCUT2D eigenvalue weighted by Gasteiger charge is 2.34. The van der Waals surface area contributed by atoms with Gasteiger partial charge in [-0.25, -0.2) is 0 Å². The lowest BCUT2D eigenvalue weighted by Crippen LogP contribution is -2.12. The van der Waals surface area contributed by atoms with Gasteiger partial charge in [-0.2, -0.15) is 0 Å². The summed E-state index contributed by atoms with van der Waals surface area (Å²) in [6, 6.07) is 127. The van der Waals surface area contributed by atoms with Crippen LogP contribution in [0.2, 0.25) is 0 Å². The predicted molar refractivity (Wildman–Crippen MR) is 599 cm³/mol. The van der Waals surface area contributed by atoms with Gasteiger partial charge in [0.25, 0.3) is 0 Å². The molecule has 0 N–H and O–H groups in total. The number of benzene rings is 18. The van der Waals surface area contributed by atoms with E-state index in [1.165, 1.54) is 232 Å². The molecule has 0 radical (unpaired) electrons. The molecule has 0 saturated heterocycles. The molecule has 0 saturated carbocycles. The first kappa shape index (κ1) is 95.3. The van der Waals surface area contributed by atoms with E-state index < -0.39 is 0 Å². The molecule has 136 heavy (non-hydrogen) atoms. The molecule has 688 valence electrons.